The Kier molecular flexibility index (Phi) is 5.66. The van der Waals surface area contributed by atoms with E-state index in [1.54, 1.807) is 0 Å². The highest BCUT2D eigenvalue weighted by Gasteiger charge is 2.10. The van der Waals surface area contributed by atoms with Crippen LogP contribution in [0.2, 0.25) is 0 Å². The van der Waals surface area contributed by atoms with Gasteiger partial charge in [-0.25, -0.2) is 0 Å². The molecular formula is C14H19BrN2O2. The first kappa shape index (κ1) is 14.3. The Morgan fingerprint density at radius 3 is 2.84 bits per heavy atom. The van der Waals surface area contributed by atoms with Crippen molar-refractivity contribution < 1.29 is 9.94 Å². The van der Waals surface area contributed by atoms with E-state index in [4.69, 9.17) is 9.94 Å². The second kappa shape index (κ2) is 7.50. The molecule has 0 amide bonds. The summed E-state index contributed by atoms with van der Waals surface area (Å²) >= 11 is 3.39. The van der Waals surface area contributed by atoms with Crippen molar-refractivity contribution in [3.05, 3.63) is 28.2 Å². The lowest BCUT2D eigenvalue weighted by Gasteiger charge is -2.26. The van der Waals surface area contributed by atoms with Crippen LogP contribution in [0.1, 0.15) is 24.8 Å². The number of piperidine rings is 1. The van der Waals surface area contributed by atoms with Gasteiger partial charge in [0.05, 0.1) is 6.21 Å². The molecule has 0 aliphatic carbocycles. The first-order valence-corrected chi connectivity index (χ1v) is 7.41. The topological polar surface area (TPSA) is 45.1 Å². The van der Waals surface area contributed by atoms with Gasteiger partial charge in [-0.1, -0.05) is 27.5 Å². The third-order valence-electron chi connectivity index (χ3n) is 3.28. The van der Waals surface area contributed by atoms with Crippen LogP contribution in [0.3, 0.4) is 0 Å². The van der Waals surface area contributed by atoms with E-state index in [-0.39, 0.29) is 0 Å². The van der Waals surface area contributed by atoms with Crippen LogP contribution in [-0.2, 0) is 0 Å². The molecule has 1 heterocycles. The second-order valence-corrected chi connectivity index (χ2v) is 5.59. The lowest BCUT2D eigenvalue weighted by Crippen LogP contribution is -2.33. The van der Waals surface area contributed by atoms with Crippen LogP contribution in [0, 0.1) is 0 Å². The summed E-state index contributed by atoms with van der Waals surface area (Å²) in [6.07, 6.45) is 5.32. The van der Waals surface area contributed by atoms with Crippen LogP contribution in [0.25, 0.3) is 0 Å². The minimum Gasteiger partial charge on any atom is -0.492 e. The normalized spacial score (nSPS) is 16.9. The summed E-state index contributed by atoms with van der Waals surface area (Å²) in [5.41, 5.74) is 0.774. The zero-order valence-electron chi connectivity index (χ0n) is 10.9. The highest BCUT2D eigenvalue weighted by molar-refractivity contribution is 9.10. The van der Waals surface area contributed by atoms with E-state index in [1.807, 2.05) is 18.2 Å². The quantitative estimate of drug-likeness (QED) is 0.513. The fraction of sp³-hybridized carbons (Fsp3) is 0.500. The van der Waals surface area contributed by atoms with Crippen LogP contribution in [-0.4, -0.2) is 42.6 Å². The third kappa shape index (κ3) is 4.51. The second-order valence-electron chi connectivity index (χ2n) is 4.68. The van der Waals surface area contributed by atoms with Crippen LogP contribution in [0.4, 0.5) is 0 Å². The van der Waals surface area contributed by atoms with Crippen molar-refractivity contribution in [1.82, 2.24) is 4.90 Å². The van der Waals surface area contributed by atoms with E-state index < -0.39 is 0 Å². The molecule has 104 valence electrons. The Labute approximate surface area is 122 Å². The fourth-order valence-electron chi connectivity index (χ4n) is 2.28. The number of hydrogen-bond acceptors (Lipinski definition) is 4. The summed E-state index contributed by atoms with van der Waals surface area (Å²) in [6, 6.07) is 5.68. The molecule has 1 aromatic rings. The van der Waals surface area contributed by atoms with Gasteiger partial charge in [-0.3, -0.25) is 4.90 Å². The van der Waals surface area contributed by atoms with E-state index in [9.17, 15) is 0 Å². The van der Waals surface area contributed by atoms with Crippen molar-refractivity contribution >= 4 is 22.1 Å². The minimum absolute atomic E-state index is 0.661. The van der Waals surface area contributed by atoms with Gasteiger partial charge < -0.3 is 9.94 Å². The van der Waals surface area contributed by atoms with Gasteiger partial charge in [0.2, 0.25) is 0 Å². The first-order chi connectivity index (χ1) is 9.29. The van der Waals surface area contributed by atoms with Gasteiger partial charge in [-0.05, 0) is 44.1 Å². The maximum atomic E-state index is 8.65. The standard InChI is InChI=1S/C14H19BrN2O2/c15-13-4-5-14(12(10-13)11-16-18)19-9-8-17-6-2-1-3-7-17/h4-5,10-11,18H,1-3,6-9H2. The molecule has 0 bridgehead atoms. The van der Waals surface area contributed by atoms with Crippen LogP contribution >= 0.6 is 15.9 Å². The maximum absolute atomic E-state index is 8.65. The fourth-order valence-corrected chi connectivity index (χ4v) is 2.66. The Morgan fingerprint density at radius 1 is 1.32 bits per heavy atom. The Hall–Kier alpha value is -1.07. The summed E-state index contributed by atoms with van der Waals surface area (Å²) in [6.45, 7) is 3.96. The summed E-state index contributed by atoms with van der Waals surface area (Å²) in [5.74, 6) is 0.748. The molecule has 0 radical (unpaired) electrons. The zero-order valence-corrected chi connectivity index (χ0v) is 12.5. The molecule has 2 rings (SSSR count). The summed E-state index contributed by atoms with van der Waals surface area (Å²) in [5, 5.41) is 11.7. The highest BCUT2D eigenvalue weighted by Crippen LogP contribution is 2.22. The molecule has 1 aromatic carbocycles. The predicted octanol–water partition coefficient (Wildman–Crippen LogP) is 3.12. The van der Waals surface area contributed by atoms with E-state index in [0.717, 1.165) is 22.3 Å². The molecule has 0 atom stereocenters. The molecule has 1 aliphatic heterocycles. The zero-order chi connectivity index (χ0) is 13.5. The number of benzene rings is 1. The van der Waals surface area contributed by atoms with Gasteiger partial charge in [0, 0.05) is 16.6 Å². The average molecular weight is 327 g/mol. The van der Waals surface area contributed by atoms with Gasteiger partial charge >= 0.3 is 0 Å². The number of hydrogen-bond donors (Lipinski definition) is 1. The highest BCUT2D eigenvalue weighted by atomic mass is 79.9. The van der Waals surface area contributed by atoms with Gasteiger partial charge in [0.15, 0.2) is 0 Å². The molecular weight excluding hydrogens is 308 g/mol. The van der Waals surface area contributed by atoms with Crippen LogP contribution < -0.4 is 4.74 Å². The Balaban J connectivity index is 1.87. The van der Waals surface area contributed by atoms with E-state index in [1.165, 1.54) is 38.6 Å². The third-order valence-corrected chi connectivity index (χ3v) is 3.78. The number of likely N-dealkylation sites (tertiary alicyclic amines) is 1. The molecule has 1 N–H and O–H groups in total. The maximum Gasteiger partial charge on any atom is 0.128 e. The van der Waals surface area contributed by atoms with Crippen molar-refractivity contribution in [3.63, 3.8) is 0 Å². The molecule has 1 fully saturated rings. The monoisotopic (exact) mass is 326 g/mol. The molecule has 4 nitrogen and oxygen atoms in total. The predicted molar refractivity (Wildman–Crippen MR) is 79.3 cm³/mol. The van der Waals surface area contributed by atoms with Gasteiger partial charge in [0.25, 0.3) is 0 Å². The van der Waals surface area contributed by atoms with Crippen LogP contribution in [0.5, 0.6) is 5.75 Å². The van der Waals surface area contributed by atoms with Crippen molar-refractivity contribution in [1.29, 1.82) is 0 Å². The smallest absolute Gasteiger partial charge is 0.128 e. The minimum atomic E-state index is 0.661. The number of oxime groups is 1. The summed E-state index contributed by atoms with van der Waals surface area (Å²) < 4.78 is 6.72. The van der Waals surface area contributed by atoms with Crippen LogP contribution in [0.15, 0.2) is 27.8 Å². The number of ether oxygens (including phenoxy) is 1. The molecule has 0 spiro atoms. The Bertz CT molecular complexity index is 431. The van der Waals surface area contributed by atoms with Crippen molar-refractivity contribution in [2.75, 3.05) is 26.2 Å². The van der Waals surface area contributed by atoms with E-state index in [0.29, 0.717) is 6.61 Å². The number of rotatable bonds is 5. The average Bonchev–Trinajstić information content (AvgIpc) is 2.43. The van der Waals surface area contributed by atoms with E-state index >= 15 is 0 Å². The molecule has 0 saturated carbocycles. The van der Waals surface area contributed by atoms with Gasteiger partial charge in [-0.15, -0.1) is 0 Å². The van der Waals surface area contributed by atoms with Crippen molar-refractivity contribution in [3.8, 4) is 5.75 Å². The molecule has 19 heavy (non-hydrogen) atoms. The van der Waals surface area contributed by atoms with Gasteiger partial charge in [0.1, 0.15) is 12.4 Å². The molecule has 1 aliphatic rings. The lowest BCUT2D eigenvalue weighted by molar-refractivity contribution is 0.183. The molecule has 1 saturated heterocycles. The molecule has 5 heteroatoms. The molecule has 0 unspecified atom stereocenters. The number of nitrogens with zero attached hydrogens (tertiary/aromatic N) is 2. The summed E-state index contributed by atoms with van der Waals surface area (Å²) in [4.78, 5) is 2.43. The SMILES string of the molecule is ON=Cc1cc(Br)ccc1OCCN1CCCCC1. The molecule has 0 aromatic heterocycles. The first-order valence-electron chi connectivity index (χ1n) is 6.62. The van der Waals surface area contributed by atoms with E-state index in [2.05, 4.69) is 26.0 Å². The number of halogens is 1. The Morgan fingerprint density at radius 2 is 2.11 bits per heavy atom. The lowest BCUT2D eigenvalue weighted by atomic mass is 10.1. The van der Waals surface area contributed by atoms with Gasteiger partial charge in [-0.2, -0.15) is 0 Å². The largest absolute Gasteiger partial charge is 0.492 e. The summed E-state index contributed by atoms with van der Waals surface area (Å²) in [7, 11) is 0. The van der Waals surface area contributed by atoms with Crippen molar-refractivity contribution in [2.45, 2.75) is 19.3 Å². The van der Waals surface area contributed by atoms with Crippen molar-refractivity contribution in [2.24, 2.45) is 5.16 Å².